The van der Waals surface area contributed by atoms with Crippen LogP contribution in [0.2, 0.25) is 0 Å². The van der Waals surface area contributed by atoms with Crippen LogP contribution in [0.5, 0.6) is 0 Å². The summed E-state index contributed by atoms with van der Waals surface area (Å²) in [5.41, 5.74) is 3.21. The number of amides is 1. The first kappa shape index (κ1) is 19.8. The Morgan fingerprint density at radius 1 is 1.28 bits per heavy atom. The summed E-state index contributed by atoms with van der Waals surface area (Å²) in [5.74, 6) is 0.709. The van der Waals surface area contributed by atoms with Crippen molar-refractivity contribution in [2.45, 2.75) is 19.4 Å². The van der Waals surface area contributed by atoms with Crippen LogP contribution in [0.4, 0.5) is 0 Å². The molecule has 0 bridgehead atoms. The second kappa shape index (κ2) is 9.35. The molecule has 0 radical (unpaired) electrons. The van der Waals surface area contributed by atoms with Crippen LogP contribution in [-0.4, -0.2) is 48.6 Å². The number of nitrogens with zero attached hydrogens (tertiary/aromatic N) is 2. The number of carbonyl (C=O) groups is 1. The predicted molar refractivity (Wildman–Crippen MR) is 113 cm³/mol. The van der Waals surface area contributed by atoms with Crippen molar-refractivity contribution in [1.82, 2.24) is 15.2 Å². The van der Waals surface area contributed by atoms with Gasteiger partial charge in [0.05, 0.1) is 37.6 Å². The lowest BCUT2D eigenvalue weighted by atomic mass is 10.0. The molecule has 1 saturated heterocycles. The first-order chi connectivity index (χ1) is 14.2. The molecule has 1 N–H and O–H groups in total. The molecule has 1 atom stereocenters. The highest BCUT2D eigenvalue weighted by atomic mass is 32.1. The van der Waals surface area contributed by atoms with E-state index in [9.17, 15) is 4.79 Å². The predicted octanol–water partition coefficient (Wildman–Crippen LogP) is 3.44. The first-order valence-electron chi connectivity index (χ1n) is 9.82. The van der Waals surface area contributed by atoms with E-state index in [1.54, 1.807) is 6.26 Å². The molecular formula is C22H25N3O3S. The summed E-state index contributed by atoms with van der Waals surface area (Å²) in [6.45, 7) is 5.85. The second-order valence-electron chi connectivity index (χ2n) is 7.18. The van der Waals surface area contributed by atoms with E-state index in [4.69, 9.17) is 9.15 Å². The Labute approximate surface area is 174 Å². The van der Waals surface area contributed by atoms with Crippen LogP contribution in [0.3, 0.4) is 0 Å². The Morgan fingerprint density at radius 2 is 2.14 bits per heavy atom. The van der Waals surface area contributed by atoms with E-state index in [1.807, 2.05) is 17.5 Å². The van der Waals surface area contributed by atoms with Gasteiger partial charge in [0.1, 0.15) is 0 Å². The normalized spacial score (nSPS) is 15.9. The number of rotatable bonds is 7. The third-order valence-electron chi connectivity index (χ3n) is 5.03. The minimum Gasteiger partial charge on any atom is -0.462 e. The summed E-state index contributed by atoms with van der Waals surface area (Å²) in [6, 6.07) is 12.3. The smallest absolute Gasteiger partial charge is 0.226 e. The highest BCUT2D eigenvalue weighted by molar-refractivity contribution is 7.13. The fraction of sp³-hybridized carbons (Fsp3) is 0.364. The van der Waals surface area contributed by atoms with Gasteiger partial charge >= 0.3 is 0 Å². The Morgan fingerprint density at radius 3 is 2.90 bits per heavy atom. The largest absolute Gasteiger partial charge is 0.462 e. The van der Waals surface area contributed by atoms with Crippen molar-refractivity contribution in [1.29, 1.82) is 0 Å². The van der Waals surface area contributed by atoms with E-state index in [1.165, 1.54) is 22.5 Å². The Kier molecular flexibility index (Phi) is 6.39. The number of thiazole rings is 1. The van der Waals surface area contributed by atoms with Crippen LogP contribution in [0.15, 0.2) is 52.5 Å². The van der Waals surface area contributed by atoms with Gasteiger partial charge in [-0.05, 0) is 24.6 Å². The lowest BCUT2D eigenvalue weighted by Crippen LogP contribution is -2.44. The summed E-state index contributed by atoms with van der Waals surface area (Å²) in [5, 5.41) is 5.82. The Bertz CT molecular complexity index is 932. The van der Waals surface area contributed by atoms with Crippen molar-refractivity contribution in [3.8, 4) is 10.8 Å². The number of carbonyl (C=O) groups excluding carboxylic acids is 1. The molecule has 1 aliphatic rings. The Balaban J connectivity index is 1.39. The highest BCUT2D eigenvalue weighted by Gasteiger charge is 2.23. The van der Waals surface area contributed by atoms with E-state index < -0.39 is 0 Å². The number of aromatic nitrogens is 1. The van der Waals surface area contributed by atoms with Gasteiger partial charge in [-0.25, -0.2) is 4.98 Å². The molecule has 0 saturated carbocycles. The van der Waals surface area contributed by atoms with Gasteiger partial charge in [-0.3, -0.25) is 9.69 Å². The molecule has 4 rings (SSSR count). The molecule has 3 aromatic rings. The van der Waals surface area contributed by atoms with Crippen molar-refractivity contribution in [3.05, 3.63) is 64.9 Å². The molecule has 29 heavy (non-hydrogen) atoms. The van der Waals surface area contributed by atoms with E-state index in [2.05, 4.69) is 46.4 Å². The molecule has 0 aliphatic carbocycles. The van der Waals surface area contributed by atoms with Crippen molar-refractivity contribution >= 4 is 17.2 Å². The van der Waals surface area contributed by atoms with Gasteiger partial charge < -0.3 is 14.5 Å². The molecule has 1 aromatic carbocycles. The zero-order valence-electron chi connectivity index (χ0n) is 16.5. The number of nitrogens with one attached hydrogen (secondary N) is 1. The van der Waals surface area contributed by atoms with Crippen molar-refractivity contribution in [2.75, 3.05) is 32.8 Å². The van der Waals surface area contributed by atoms with Gasteiger partial charge in [-0.15, -0.1) is 11.3 Å². The minimum atomic E-state index is -0.0211. The van der Waals surface area contributed by atoms with Crippen LogP contribution >= 0.6 is 11.3 Å². The van der Waals surface area contributed by atoms with E-state index in [0.29, 0.717) is 6.54 Å². The maximum absolute atomic E-state index is 12.6. The molecule has 0 unspecified atom stereocenters. The molecule has 1 aliphatic heterocycles. The standard InChI is InChI=1S/C22H25N3O3S/c1-16-4-2-5-17(12-16)19(25-7-10-27-11-8-25)14-23-21(26)13-18-15-29-22(24-18)20-6-3-9-28-20/h2-6,9,12,15,19H,7-8,10-11,13-14H2,1H3,(H,23,26)/t19-/m1/s1. The number of furan rings is 1. The zero-order chi connectivity index (χ0) is 20.1. The number of ether oxygens (including phenoxy) is 1. The summed E-state index contributed by atoms with van der Waals surface area (Å²) < 4.78 is 10.9. The first-order valence-corrected chi connectivity index (χ1v) is 10.7. The SMILES string of the molecule is Cc1cccc([C@@H](CNC(=O)Cc2csc(-c3ccco3)n2)N2CCOCC2)c1. The van der Waals surface area contributed by atoms with E-state index in [0.717, 1.165) is 42.8 Å². The van der Waals surface area contributed by atoms with Crippen molar-refractivity contribution in [3.63, 3.8) is 0 Å². The maximum Gasteiger partial charge on any atom is 0.226 e. The van der Waals surface area contributed by atoms with Crippen LogP contribution in [0.25, 0.3) is 10.8 Å². The Hall–Kier alpha value is -2.48. The van der Waals surface area contributed by atoms with Crippen molar-refractivity contribution in [2.24, 2.45) is 0 Å². The lowest BCUT2D eigenvalue weighted by molar-refractivity contribution is -0.120. The van der Waals surface area contributed by atoms with Crippen LogP contribution in [-0.2, 0) is 16.0 Å². The fourth-order valence-corrected chi connectivity index (χ4v) is 4.35. The molecule has 3 heterocycles. The molecular weight excluding hydrogens is 386 g/mol. The quantitative estimate of drug-likeness (QED) is 0.645. The molecule has 7 heteroatoms. The summed E-state index contributed by atoms with van der Waals surface area (Å²) in [7, 11) is 0. The van der Waals surface area contributed by atoms with E-state index in [-0.39, 0.29) is 18.4 Å². The number of benzene rings is 1. The third kappa shape index (κ3) is 5.12. The number of aryl methyl sites for hydroxylation is 1. The summed E-state index contributed by atoms with van der Waals surface area (Å²) in [4.78, 5) is 19.5. The maximum atomic E-state index is 12.6. The topological polar surface area (TPSA) is 67.6 Å². The molecule has 0 spiro atoms. The average Bonchev–Trinajstić information content (AvgIpc) is 3.41. The number of hydrogen-bond donors (Lipinski definition) is 1. The lowest BCUT2D eigenvalue weighted by Gasteiger charge is -2.35. The van der Waals surface area contributed by atoms with Crippen LogP contribution in [0, 0.1) is 6.92 Å². The van der Waals surface area contributed by atoms with Gasteiger partial charge in [0.15, 0.2) is 10.8 Å². The molecule has 1 fully saturated rings. The number of hydrogen-bond acceptors (Lipinski definition) is 6. The zero-order valence-corrected chi connectivity index (χ0v) is 17.3. The van der Waals surface area contributed by atoms with Crippen LogP contribution < -0.4 is 5.32 Å². The fourth-order valence-electron chi connectivity index (χ4n) is 3.56. The summed E-state index contributed by atoms with van der Waals surface area (Å²) in [6.07, 6.45) is 1.89. The van der Waals surface area contributed by atoms with Crippen LogP contribution in [0.1, 0.15) is 22.9 Å². The molecule has 152 valence electrons. The molecule has 6 nitrogen and oxygen atoms in total. The van der Waals surface area contributed by atoms with E-state index >= 15 is 0 Å². The highest BCUT2D eigenvalue weighted by Crippen LogP contribution is 2.25. The number of morpholine rings is 1. The molecule has 2 aromatic heterocycles. The van der Waals surface area contributed by atoms with Gasteiger partial charge in [0.2, 0.25) is 5.91 Å². The average molecular weight is 412 g/mol. The molecule has 1 amide bonds. The van der Waals surface area contributed by atoms with Gasteiger partial charge in [-0.1, -0.05) is 29.8 Å². The van der Waals surface area contributed by atoms with Crippen molar-refractivity contribution < 1.29 is 13.9 Å². The van der Waals surface area contributed by atoms with Gasteiger partial charge in [-0.2, -0.15) is 0 Å². The second-order valence-corrected chi connectivity index (χ2v) is 8.04. The third-order valence-corrected chi connectivity index (χ3v) is 5.94. The monoisotopic (exact) mass is 411 g/mol. The minimum absolute atomic E-state index is 0.0211. The van der Waals surface area contributed by atoms with Gasteiger partial charge in [0, 0.05) is 25.0 Å². The van der Waals surface area contributed by atoms with Gasteiger partial charge in [0.25, 0.3) is 0 Å². The summed E-state index contributed by atoms with van der Waals surface area (Å²) >= 11 is 1.49.